The first-order chi connectivity index (χ1) is 11.2. The van der Waals surface area contributed by atoms with Crippen LogP contribution in [0.15, 0.2) is 66.2 Å². The van der Waals surface area contributed by atoms with Gasteiger partial charge in [0.1, 0.15) is 5.76 Å². The Bertz CT molecular complexity index is 799. The van der Waals surface area contributed by atoms with Crippen molar-refractivity contribution in [2.75, 3.05) is 7.11 Å². The molecule has 0 aliphatic carbocycles. The Kier molecular flexibility index (Phi) is 4.06. The molecule has 1 heterocycles. The molecule has 0 radical (unpaired) electrons. The maximum absolute atomic E-state index is 12.0. The topological polar surface area (TPSA) is 52.6 Å². The first kappa shape index (κ1) is 14.8. The Labute approximate surface area is 133 Å². The van der Waals surface area contributed by atoms with Gasteiger partial charge in [0.05, 0.1) is 18.2 Å². The van der Waals surface area contributed by atoms with Crippen LogP contribution < -0.4 is 0 Å². The predicted molar refractivity (Wildman–Crippen MR) is 86.3 cm³/mol. The van der Waals surface area contributed by atoms with Crippen molar-refractivity contribution < 1.29 is 19.1 Å². The van der Waals surface area contributed by atoms with Gasteiger partial charge in [-0.2, -0.15) is 0 Å². The van der Waals surface area contributed by atoms with Crippen molar-refractivity contribution in [2.24, 2.45) is 0 Å². The largest absolute Gasteiger partial charge is 0.465 e. The standard InChI is InChI=1S/C19H14O4/c1-22-18(20)15-9-7-14(8-10-15)17-12-16(19(21)23-17)11-13-5-3-2-4-6-13/h2-12H,1H3/b16-11+. The monoisotopic (exact) mass is 306 g/mol. The molecule has 0 saturated carbocycles. The van der Waals surface area contributed by atoms with E-state index in [4.69, 9.17) is 4.74 Å². The SMILES string of the molecule is COC(=O)c1ccc(C2=C/C(=C\c3ccccc3)C(=O)O2)cc1. The van der Waals surface area contributed by atoms with Crippen molar-refractivity contribution in [1.29, 1.82) is 0 Å². The number of cyclic esters (lactones) is 1. The summed E-state index contributed by atoms with van der Waals surface area (Å²) in [5.41, 5.74) is 2.59. The third-order valence-electron chi connectivity index (χ3n) is 3.44. The van der Waals surface area contributed by atoms with E-state index in [0.29, 0.717) is 16.9 Å². The normalized spacial score (nSPS) is 15.3. The molecule has 114 valence electrons. The van der Waals surface area contributed by atoms with E-state index in [1.165, 1.54) is 7.11 Å². The first-order valence-corrected chi connectivity index (χ1v) is 7.07. The fraction of sp³-hybridized carbons (Fsp3) is 0.0526. The summed E-state index contributed by atoms with van der Waals surface area (Å²) in [5, 5.41) is 0. The van der Waals surface area contributed by atoms with Gasteiger partial charge >= 0.3 is 11.9 Å². The molecule has 0 amide bonds. The van der Waals surface area contributed by atoms with Crippen LogP contribution in [0.4, 0.5) is 0 Å². The van der Waals surface area contributed by atoms with Crippen molar-refractivity contribution in [2.45, 2.75) is 0 Å². The van der Waals surface area contributed by atoms with E-state index in [2.05, 4.69) is 4.74 Å². The van der Waals surface area contributed by atoms with E-state index in [0.717, 1.165) is 11.1 Å². The van der Waals surface area contributed by atoms with Crippen molar-refractivity contribution in [1.82, 2.24) is 0 Å². The highest BCUT2D eigenvalue weighted by molar-refractivity contribution is 6.05. The molecular weight excluding hydrogens is 292 g/mol. The lowest BCUT2D eigenvalue weighted by molar-refractivity contribution is -0.130. The third-order valence-corrected chi connectivity index (χ3v) is 3.44. The maximum Gasteiger partial charge on any atom is 0.343 e. The number of methoxy groups -OCH3 is 1. The molecule has 4 heteroatoms. The Morgan fingerprint density at radius 3 is 2.39 bits per heavy atom. The average Bonchev–Trinajstić information content (AvgIpc) is 2.96. The lowest BCUT2D eigenvalue weighted by Crippen LogP contribution is -2.01. The van der Waals surface area contributed by atoms with Gasteiger partial charge in [0.2, 0.25) is 0 Å². The molecule has 1 aliphatic heterocycles. The van der Waals surface area contributed by atoms with Crippen LogP contribution >= 0.6 is 0 Å². The van der Waals surface area contributed by atoms with E-state index in [9.17, 15) is 9.59 Å². The molecule has 0 saturated heterocycles. The summed E-state index contributed by atoms with van der Waals surface area (Å²) in [7, 11) is 1.33. The molecule has 0 atom stereocenters. The van der Waals surface area contributed by atoms with Crippen LogP contribution in [0.5, 0.6) is 0 Å². The summed E-state index contributed by atoms with van der Waals surface area (Å²) < 4.78 is 9.95. The molecule has 2 aromatic carbocycles. The number of hydrogen-bond acceptors (Lipinski definition) is 4. The molecule has 1 aliphatic rings. The van der Waals surface area contributed by atoms with Gasteiger partial charge < -0.3 is 9.47 Å². The second kappa shape index (κ2) is 6.32. The smallest absolute Gasteiger partial charge is 0.343 e. The predicted octanol–water partition coefficient (Wildman–Crippen LogP) is 3.45. The van der Waals surface area contributed by atoms with Gasteiger partial charge in [-0.3, -0.25) is 0 Å². The van der Waals surface area contributed by atoms with Gasteiger partial charge in [-0.25, -0.2) is 9.59 Å². The molecule has 0 unspecified atom stereocenters. The van der Waals surface area contributed by atoms with Crippen molar-refractivity contribution >= 4 is 23.8 Å². The number of ether oxygens (including phenoxy) is 2. The number of carbonyl (C=O) groups is 2. The molecule has 2 aromatic rings. The van der Waals surface area contributed by atoms with Crippen molar-refractivity contribution in [3.8, 4) is 0 Å². The van der Waals surface area contributed by atoms with Crippen molar-refractivity contribution in [3.63, 3.8) is 0 Å². The van der Waals surface area contributed by atoms with Gasteiger partial charge in [-0.1, -0.05) is 42.5 Å². The number of esters is 2. The summed E-state index contributed by atoms with van der Waals surface area (Å²) in [6.45, 7) is 0. The van der Waals surface area contributed by atoms with E-state index in [1.807, 2.05) is 30.3 Å². The van der Waals surface area contributed by atoms with Crippen LogP contribution in [0.2, 0.25) is 0 Å². The molecule has 0 N–H and O–H groups in total. The minimum Gasteiger partial charge on any atom is -0.465 e. The quantitative estimate of drug-likeness (QED) is 0.644. The molecular formula is C19H14O4. The lowest BCUT2D eigenvalue weighted by atomic mass is 10.1. The van der Waals surface area contributed by atoms with Gasteiger partial charge in [-0.15, -0.1) is 0 Å². The van der Waals surface area contributed by atoms with Gasteiger partial charge in [0.15, 0.2) is 0 Å². The lowest BCUT2D eigenvalue weighted by Gasteiger charge is -2.03. The number of rotatable bonds is 3. The Hall–Kier alpha value is -3.14. The van der Waals surface area contributed by atoms with Gasteiger partial charge in [-0.05, 0) is 29.8 Å². The highest BCUT2D eigenvalue weighted by atomic mass is 16.5. The molecule has 0 aromatic heterocycles. The zero-order valence-corrected chi connectivity index (χ0v) is 12.5. The van der Waals surface area contributed by atoms with Crippen LogP contribution in [0, 0.1) is 0 Å². The van der Waals surface area contributed by atoms with Crippen LogP contribution in [0.3, 0.4) is 0 Å². The van der Waals surface area contributed by atoms with E-state index in [1.54, 1.807) is 36.4 Å². The molecule has 0 bridgehead atoms. The molecule has 4 nitrogen and oxygen atoms in total. The van der Waals surface area contributed by atoms with Gasteiger partial charge in [0, 0.05) is 5.56 Å². The number of benzene rings is 2. The molecule has 0 fully saturated rings. The Morgan fingerprint density at radius 1 is 1.04 bits per heavy atom. The summed E-state index contributed by atoms with van der Waals surface area (Å²) in [5.74, 6) is -0.326. The van der Waals surface area contributed by atoms with E-state index in [-0.39, 0.29) is 5.97 Å². The molecule has 0 spiro atoms. The first-order valence-electron chi connectivity index (χ1n) is 7.07. The second-order valence-corrected chi connectivity index (χ2v) is 4.98. The zero-order chi connectivity index (χ0) is 16.2. The van der Waals surface area contributed by atoms with Crippen LogP contribution in [-0.4, -0.2) is 19.0 Å². The summed E-state index contributed by atoms with van der Waals surface area (Å²) >= 11 is 0. The Balaban J connectivity index is 1.87. The van der Waals surface area contributed by atoms with E-state index < -0.39 is 5.97 Å². The van der Waals surface area contributed by atoms with E-state index >= 15 is 0 Å². The van der Waals surface area contributed by atoms with Crippen LogP contribution in [0.25, 0.3) is 11.8 Å². The molecule has 3 rings (SSSR count). The fourth-order valence-corrected chi connectivity index (χ4v) is 2.25. The Morgan fingerprint density at radius 2 is 1.74 bits per heavy atom. The number of hydrogen-bond donors (Lipinski definition) is 0. The minimum atomic E-state index is -0.404. The minimum absolute atomic E-state index is 0.388. The maximum atomic E-state index is 12.0. The van der Waals surface area contributed by atoms with Crippen LogP contribution in [-0.2, 0) is 14.3 Å². The van der Waals surface area contributed by atoms with Crippen molar-refractivity contribution in [3.05, 3.63) is 82.9 Å². The van der Waals surface area contributed by atoms with Crippen LogP contribution in [0.1, 0.15) is 21.5 Å². The highest BCUT2D eigenvalue weighted by Crippen LogP contribution is 2.27. The fourth-order valence-electron chi connectivity index (χ4n) is 2.25. The summed E-state index contributed by atoms with van der Waals surface area (Å²) in [6.07, 6.45) is 3.47. The second-order valence-electron chi connectivity index (χ2n) is 4.98. The zero-order valence-electron chi connectivity index (χ0n) is 12.5. The summed E-state index contributed by atoms with van der Waals surface area (Å²) in [6, 6.07) is 16.3. The van der Waals surface area contributed by atoms with Gasteiger partial charge in [0.25, 0.3) is 0 Å². The highest BCUT2D eigenvalue weighted by Gasteiger charge is 2.22. The summed E-state index contributed by atoms with van der Waals surface area (Å²) in [4.78, 5) is 23.4. The number of carbonyl (C=O) groups excluding carboxylic acids is 2. The third kappa shape index (κ3) is 3.21. The average molecular weight is 306 g/mol. The molecule has 23 heavy (non-hydrogen) atoms.